The predicted octanol–water partition coefficient (Wildman–Crippen LogP) is 6.97. The zero-order chi connectivity index (χ0) is 17.5. The van der Waals surface area contributed by atoms with Gasteiger partial charge < -0.3 is 0 Å². The van der Waals surface area contributed by atoms with E-state index >= 15 is 0 Å². The summed E-state index contributed by atoms with van der Waals surface area (Å²) < 4.78 is 0. The van der Waals surface area contributed by atoms with Crippen LogP contribution in [0.1, 0.15) is 62.5 Å². The van der Waals surface area contributed by atoms with Gasteiger partial charge in [-0.2, -0.15) is 0 Å². The number of hydrogen-bond acceptors (Lipinski definition) is 0. The SMILES string of the molecule is C#Cc1ccc(-c2ccc([C@H]3CC[C@H](CC/C=C/C)CC3)cc2)cc1. The molecule has 2 aromatic rings. The average Bonchev–Trinajstić information content (AvgIpc) is 2.69. The van der Waals surface area contributed by atoms with Crippen molar-refractivity contribution in [2.75, 3.05) is 0 Å². The molecule has 1 aliphatic carbocycles. The Hall–Kier alpha value is -2.26. The minimum Gasteiger partial charge on any atom is -0.115 e. The molecule has 0 spiro atoms. The summed E-state index contributed by atoms with van der Waals surface area (Å²) in [4.78, 5) is 0. The maximum atomic E-state index is 5.43. The molecule has 0 radical (unpaired) electrons. The molecule has 0 nitrogen and oxygen atoms in total. The largest absolute Gasteiger partial charge is 0.115 e. The molecular formula is C25H28. The van der Waals surface area contributed by atoms with Crippen LogP contribution < -0.4 is 0 Å². The second-order valence-electron chi connectivity index (χ2n) is 7.21. The van der Waals surface area contributed by atoms with Crippen molar-refractivity contribution in [1.29, 1.82) is 0 Å². The second kappa shape index (κ2) is 8.72. The third kappa shape index (κ3) is 4.64. The summed E-state index contributed by atoms with van der Waals surface area (Å²) in [6, 6.07) is 17.4. The van der Waals surface area contributed by atoms with E-state index in [-0.39, 0.29) is 0 Å². The van der Waals surface area contributed by atoms with E-state index in [4.69, 9.17) is 6.42 Å². The van der Waals surface area contributed by atoms with Crippen LogP contribution in [0.2, 0.25) is 0 Å². The first-order valence-corrected chi connectivity index (χ1v) is 9.58. The van der Waals surface area contributed by atoms with Crippen molar-refractivity contribution in [3.63, 3.8) is 0 Å². The lowest BCUT2D eigenvalue weighted by Gasteiger charge is -2.28. The highest BCUT2D eigenvalue weighted by Crippen LogP contribution is 2.38. The fourth-order valence-electron chi connectivity index (χ4n) is 3.99. The molecule has 3 rings (SSSR count). The lowest BCUT2D eigenvalue weighted by molar-refractivity contribution is 0.312. The molecule has 0 atom stereocenters. The lowest BCUT2D eigenvalue weighted by Crippen LogP contribution is -2.13. The Bertz CT molecular complexity index is 717. The van der Waals surface area contributed by atoms with E-state index in [1.165, 1.54) is 55.2 Å². The van der Waals surface area contributed by atoms with Crippen LogP contribution in [-0.2, 0) is 0 Å². The molecule has 128 valence electrons. The van der Waals surface area contributed by atoms with Gasteiger partial charge in [-0.1, -0.05) is 54.5 Å². The number of terminal acetylenes is 1. The van der Waals surface area contributed by atoms with Crippen LogP contribution >= 0.6 is 0 Å². The molecule has 2 aromatic carbocycles. The molecule has 25 heavy (non-hydrogen) atoms. The van der Waals surface area contributed by atoms with Crippen LogP contribution in [0.4, 0.5) is 0 Å². The fraction of sp³-hybridized carbons (Fsp3) is 0.360. The van der Waals surface area contributed by atoms with Gasteiger partial charge in [0.25, 0.3) is 0 Å². The Labute approximate surface area is 153 Å². The van der Waals surface area contributed by atoms with E-state index in [1.807, 2.05) is 12.1 Å². The summed E-state index contributed by atoms with van der Waals surface area (Å²) in [5.74, 6) is 4.35. The van der Waals surface area contributed by atoms with Crippen molar-refractivity contribution in [3.05, 3.63) is 71.8 Å². The van der Waals surface area contributed by atoms with Crippen LogP contribution in [-0.4, -0.2) is 0 Å². The van der Waals surface area contributed by atoms with E-state index in [0.29, 0.717) is 0 Å². The molecule has 0 aliphatic heterocycles. The van der Waals surface area contributed by atoms with Gasteiger partial charge in [0, 0.05) is 5.56 Å². The van der Waals surface area contributed by atoms with Gasteiger partial charge in [-0.25, -0.2) is 0 Å². The normalized spacial score (nSPS) is 20.5. The number of hydrogen-bond donors (Lipinski definition) is 0. The Morgan fingerprint density at radius 3 is 2.08 bits per heavy atom. The van der Waals surface area contributed by atoms with Crippen LogP contribution in [0.3, 0.4) is 0 Å². The molecule has 0 amide bonds. The van der Waals surface area contributed by atoms with Crippen molar-refractivity contribution < 1.29 is 0 Å². The van der Waals surface area contributed by atoms with Crippen LogP contribution in [0.5, 0.6) is 0 Å². The van der Waals surface area contributed by atoms with Gasteiger partial charge in [0.05, 0.1) is 0 Å². The molecule has 0 N–H and O–H groups in total. The standard InChI is InChI=1S/C25H28/c1-3-5-6-7-21-10-14-23(15-11-21)25-18-16-24(17-19-25)22-12-8-20(4-2)9-13-22/h2-3,5,8-9,12-13,16-19,21,23H,6-7,10-11,14-15H2,1H3/b5-3+/t21-,23-. The maximum absolute atomic E-state index is 5.43. The highest BCUT2D eigenvalue weighted by molar-refractivity contribution is 5.64. The summed E-state index contributed by atoms with van der Waals surface area (Å²) in [6.07, 6.45) is 18.0. The molecule has 1 fully saturated rings. The predicted molar refractivity (Wildman–Crippen MR) is 109 cm³/mol. The van der Waals surface area contributed by atoms with Gasteiger partial charge in [0.1, 0.15) is 0 Å². The van der Waals surface area contributed by atoms with Gasteiger partial charge in [0.2, 0.25) is 0 Å². The number of rotatable bonds is 5. The maximum Gasteiger partial charge on any atom is 0.0243 e. The van der Waals surface area contributed by atoms with Crippen molar-refractivity contribution >= 4 is 0 Å². The van der Waals surface area contributed by atoms with Gasteiger partial charge >= 0.3 is 0 Å². The van der Waals surface area contributed by atoms with Gasteiger partial charge in [-0.05, 0) is 86.1 Å². The van der Waals surface area contributed by atoms with E-state index in [2.05, 4.69) is 61.4 Å². The first kappa shape index (κ1) is 17.6. The molecule has 0 aromatic heterocycles. The zero-order valence-electron chi connectivity index (χ0n) is 15.2. The van der Waals surface area contributed by atoms with Crippen LogP contribution in [0.15, 0.2) is 60.7 Å². The van der Waals surface area contributed by atoms with Crippen molar-refractivity contribution in [2.24, 2.45) is 5.92 Å². The molecule has 0 heterocycles. The average molecular weight is 328 g/mol. The third-order valence-corrected chi connectivity index (χ3v) is 5.59. The summed E-state index contributed by atoms with van der Waals surface area (Å²) in [5, 5.41) is 0. The minimum absolute atomic E-state index is 0.746. The first-order chi connectivity index (χ1) is 12.3. The Morgan fingerprint density at radius 1 is 0.920 bits per heavy atom. The Kier molecular flexibility index (Phi) is 6.13. The molecule has 0 unspecified atom stereocenters. The van der Waals surface area contributed by atoms with Crippen molar-refractivity contribution in [3.8, 4) is 23.5 Å². The molecule has 0 heteroatoms. The summed E-state index contributed by atoms with van der Waals surface area (Å²) in [7, 11) is 0. The fourth-order valence-corrected chi connectivity index (χ4v) is 3.99. The van der Waals surface area contributed by atoms with Gasteiger partial charge in [0.15, 0.2) is 0 Å². The summed E-state index contributed by atoms with van der Waals surface area (Å²) in [5.41, 5.74) is 4.95. The summed E-state index contributed by atoms with van der Waals surface area (Å²) >= 11 is 0. The summed E-state index contributed by atoms with van der Waals surface area (Å²) in [6.45, 7) is 2.12. The Balaban J connectivity index is 1.58. The topological polar surface area (TPSA) is 0 Å². The number of allylic oxidation sites excluding steroid dienone is 2. The number of benzene rings is 2. The highest BCUT2D eigenvalue weighted by Gasteiger charge is 2.21. The van der Waals surface area contributed by atoms with Crippen LogP contribution in [0.25, 0.3) is 11.1 Å². The van der Waals surface area contributed by atoms with Gasteiger partial charge in [-0.15, -0.1) is 6.42 Å². The second-order valence-corrected chi connectivity index (χ2v) is 7.21. The molecular weight excluding hydrogens is 300 g/mol. The lowest BCUT2D eigenvalue weighted by atomic mass is 9.77. The van der Waals surface area contributed by atoms with Crippen molar-refractivity contribution in [2.45, 2.75) is 51.4 Å². The third-order valence-electron chi connectivity index (χ3n) is 5.59. The van der Waals surface area contributed by atoms with Crippen molar-refractivity contribution in [1.82, 2.24) is 0 Å². The van der Waals surface area contributed by atoms with Crippen LogP contribution in [0, 0.1) is 18.3 Å². The van der Waals surface area contributed by atoms with E-state index in [9.17, 15) is 0 Å². The Morgan fingerprint density at radius 2 is 1.52 bits per heavy atom. The minimum atomic E-state index is 0.746. The molecule has 1 aliphatic rings. The van der Waals surface area contributed by atoms with E-state index in [0.717, 1.165) is 17.4 Å². The molecule has 0 saturated heterocycles. The quantitative estimate of drug-likeness (QED) is 0.411. The smallest absolute Gasteiger partial charge is 0.0243 e. The van der Waals surface area contributed by atoms with E-state index < -0.39 is 0 Å². The highest BCUT2D eigenvalue weighted by atomic mass is 14.3. The van der Waals surface area contributed by atoms with Gasteiger partial charge in [-0.3, -0.25) is 0 Å². The monoisotopic (exact) mass is 328 g/mol. The molecule has 1 saturated carbocycles. The molecule has 0 bridgehead atoms. The first-order valence-electron chi connectivity index (χ1n) is 9.58. The zero-order valence-corrected chi connectivity index (χ0v) is 15.2. The van der Waals surface area contributed by atoms with E-state index in [1.54, 1.807) is 0 Å².